The second kappa shape index (κ2) is 8.11. The number of aryl methyl sites for hydroxylation is 1. The van der Waals surface area contributed by atoms with Crippen molar-refractivity contribution in [2.24, 2.45) is 0 Å². The van der Waals surface area contributed by atoms with Crippen LogP contribution >= 0.6 is 0 Å². The number of hydrogen-bond donors (Lipinski definition) is 2. The molecular formula is C20H17FN2O3. The molecule has 3 rings (SSSR count). The fourth-order valence-electron chi connectivity index (χ4n) is 2.41. The molecule has 0 aliphatic heterocycles. The van der Waals surface area contributed by atoms with Crippen molar-refractivity contribution in [3.8, 4) is 0 Å². The van der Waals surface area contributed by atoms with Gasteiger partial charge in [0.05, 0.1) is 6.26 Å². The Bertz CT molecular complexity index is 890. The van der Waals surface area contributed by atoms with E-state index in [1.165, 1.54) is 12.3 Å². The van der Waals surface area contributed by atoms with E-state index in [9.17, 15) is 14.0 Å². The van der Waals surface area contributed by atoms with Gasteiger partial charge in [-0.15, -0.1) is 0 Å². The average Bonchev–Trinajstić information content (AvgIpc) is 3.17. The minimum absolute atomic E-state index is 0.178. The topological polar surface area (TPSA) is 71.3 Å². The zero-order valence-electron chi connectivity index (χ0n) is 13.9. The van der Waals surface area contributed by atoms with Crippen molar-refractivity contribution in [2.75, 3.05) is 10.6 Å². The molecule has 0 saturated carbocycles. The normalized spacial score (nSPS) is 10.3. The summed E-state index contributed by atoms with van der Waals surface area (Å²) < 4.78 is 18.6. The zero-order valence-corrected chi connectivity index (χ0v) is 13.9. The van der Waals surface area contributed by atoms with E-state index in [2.05, 4.69) is 10.6 Å². The predicted octanol–water partition coefficient (Wildman–Crippen LogP) is 4.24. The lowest BCUT2D eigenvalue weighted by Crippen LogP contribution is -2.13. The van der Waals surface area contributed by atoms with Crippen LogP contribution in [0, 0.1) is 5.82 Å². The van der Waals surface area contributed by atoms with Crippen molar-refractivity contribution in [3.05, 3.63) is 84.1 Å². The summed E-state index contributed by atoms with van der Waals surface area (Å²) in [7, 11) is 0. The van der Waals surface area contributed by atoms with E-state index in [4.69, 9.17) is 4.42 Å². The van der Waals surface area contributed by atoms with Crippen molar-refractivity contribution in [1.82, 2.24) is 0 Å². The van der Waals surface area contributed by atoms with E-state index in [0.717, 1.165) is 0 Å². The van der Waals surface area contributed by atoms with Crippen LogP contribution < -0.4 is 10.6 Å². The molecule has 1 heterocycles. The average molecular weight is 352 g/mol. The highest BCUT2D eigenvalue weighted by Crippen LogP contribution is 2.16. The van der Waals surface area contributed by atoms with Gasteiger partial charge in [-0.1, -0.05) is 18.2 Å². The molecule has 0 atom stereocenters. The first-order valence-corrected chi connectivity index (χ1v) is 8.10. The fourth-order valence-corrected chi connectivity index (χ4v) is 2.41. The third-order valence-electron chi connectivity index (χ3n) is 3.75. The maximum atomic E-state index is 13.5. The van der Waals surface area contributed by atoms with Crippen molar-refractivity contribution >= 4 is 23.2 Å². The molecule has 0 bridgehead atoms. The third kappa shape index (κ3) is 4.57. The number of benzene rings is 2. The van der Waals surface area contributed by atoms with Crippen LogP contribution in [0.15, 0.2) is 71.3 Å². The molecule has 0 saturated heterocycles. The first-order valence-electron chi connectivity index (χ1n) is 8.10. The molecular weight excluding hydrogens is 335 g/mol. The van der Waals surface area contributed by atoms with E-state index >= 15 is 0 Å². The first-order chi connectivity index (χ1) is 12.6. The Balaban J connectivity index is 1.51. The van der Waals surface area contributed by atoms with Crippen LogP contribution in [0.4, 0.5) is 15.8 Å². The molecule has 2 N–H and O–H groups in total. The minimum atomic E-state index is -0.350. The van der Waals surface area contributed by atoms with Crippen LogP contribution in [-0.2, 0) is 11.2 Å². The van der Waals surface area contributed by atoms with Crippen LogP contribution in [0.3, 0.4) is 0 Å². The van der Waals surface area contributed by atoms with Crippen LogP contribution in [0.25, 0.3) is 0 Å². The molecule has 132 valence electrons. The Hall–Kier alpha value is -3.41. The predicted molar refractivity (Wildman–Crippen MR) is 96.5 cm³/mol. The standard InChI is InChI=1S/C20H17FN2O3/c21-17-5-2-1-4-14(17)7-12-19(24)22-15-8-10-16(11-9-15)23-20(25)18-6-3-13-26-18/h1-6,8-11,13H,7,12H2,(H,22,24)(H,23,25). The number of nitrogens with one attached hydrogen (secondary N) is 2. The minimum Gasteiger partial charge on any atom is -0.459 e. The van der Waals surface area contributed by atoms with Crippen molar-refractivity contribution in [3.63, 3.8) is 0 Å². The van der Waals surface area contributed by atoms with Crippen molar-refractivity contribution in [1.29, 1.82) is 0 Å². The van der Waals surface area contributed by atoms with Gasteiger partial charge in [0.2, 0.25) is 5.91 Å². The molecule has 26 heavy (non-hydrogen) atoms. The van der Waals surface area contributed by atoms with Crippen molar-refractivity contribution < 1.29 is 18.4 Å². The van der Waals surface area contributed by atoms with Gasteiger partial charge < -0.3 is 15.1 Å². The SMILES string of the molecule is O=C(CCc1ccccc1F)Nc1ccc(NC(=O)c2ccco2)cc1. The summed E-state index contributed by atoms with van der Waals surface area (Å²) in [6.45, 7) is 0. The summed E-state index contributed by atoms with van der Waals surface area (Å²) in [6, 6.07) is 16.3. The molecule has 0 spiro atoms. The molecule has 3 aromatic rings. The molecule has 2 amide bonds. The summed E-state index contributed by atoms with van der Waals surface area (Å²) in [5, 5.41) is 5.44. The molecule has 0 aliphatic rings. The van der Waals surface area contributed by atoms with E-state index < -0.39 is 0 Å². The Morgan fingerprint density at radius 2 is 1.58 bits per heavy atom. The van der Waals surface area contributed by atoms with E-state index in [-0.39, 0.29) is 29.8 Å². The molecule has 6 heteroatoms. The van der Waals surface area contributed by atoms with Gasteiger partial charge in [-0.3, -0.25) is 9.59 Å². The second-order valence-corrected chi connectivity index (χ2v) is 5.65. The van der Waals surface area contributed by atoms with Gasteiger partial charge in [0.25, 0.3) is 5.91 Å². The van der Waals surface area contributed by atoms with Gasteiger partial charge in [-0.2, -0.15) is 0 Å². The number of anilines is 2. The Morgan fingerprint density at radius 1 is 0.885 bits per heavy atom. The molecule has 5 nitrogen and oxygen atoms in total. The lowest BCUT2D eigenvalue weighted by Gasteiger charge is -2.08. The Labute approximate surface area is 149 Å². The van der Waals surface area contributed by atoms with E-state index in [1.54, 1.807) is 54.6 Å². The number of carbonyl (C=O) groups excluding carboxylic acids is 2. The summed E-state index contributed by atoms with van der Waals surface area (Å²) in [5.74, 6) is -0.648. The number of hydrogen-bond acceptors (Lipinski definition) is 3. The lowest BCUT2D eigenvalue weighted by molar-refractivity contribution is -0.116. The highest BCUT2D eigenvalue weighted by Gasteiger charge is 2.09. The number of carbonyl (C=O) groups is 2. The summed E-state index contributed by atoms with van der Waals surface area (Å²) in [6.07, 6.45) is 1.93. The highest BCUT2D eigenvalue weighted by atomic mass is 19.1. The summed E-state index contributed by atoms with van der Waals surface area (Å²) in [4.78, 5) is 23.9. The van der Waals surface area contributed by atoms with Crippen LogP contribution in [0.1, 0.15) is 22.5 Å². The number of halogens is 1. The smallest absolute Gasteiger partial charge is 0.291 e. The molecule has 2 aromatic carbocycles. The van der Waals surface area contributed by atoms with Gasteiger partial charge in [-0.05, 0) is 54.4 Å². The van der Waals surface area contributed by atoms with Gasteiger partial charge in [0, 0.05) is 17.8 Å². The maximum absolute atomic E-state index is 13.5. The number of furan rings is 1. The first kappa shape index (κ1) is 17.4. The summed E-state index contributed by atoms with van der Waals surface area (Å²) in [5.41, 5.74) is 1.69. The monoisotopic (exact) mass is 352 g/mol. The van der Waals surface area contributed by atoms with Gasteiger partial charge >= 0.3 is 0 Å². The van der Waals surface area contributed by atoms with Gasteiger partial charge in [0.1, 0.15) is 5.82 Å². The zero-order chi connectivity index (χ0) is 18.4. The maximum Gasteiger partial charge on any atom is 0.291 e. The lowest BCUT2D eigenvalue weighted by atomic mass is 10.1. The summed E-state index contributed by atoms with van der Waals surface area (Å²) >= 11 is 0. The van der Waals surface area contributed by atoms with Crippen molar-refractivity contribution in [2.45, 2.75) is 12.8 Å². The van der Waals surface area contributed by atoms with E-state index in [0.29, 0.717) is 23.4 Å². The highest BCUT2D eigenvalue weighted by molar-refractivity contribution is 6.02. The quantitative estimate of drug-likeness (QED) is 0.697. The molecule has 1 aromatic heterocycles. The van der Waals surface area contributed by atoms with E-state index in [1.807, 2.05) is 0 Å². The number of amides is 2. The molecule has 0 aliphatic carbocycles. The largest absolute Gasteiger partial charge is 0.459 e. The number of rotatable bonds is 6. The fraction of sp³-hybridized carbons (Fsp3) is 0.100. The Kier molecular flexibility index (Phi) is 5.43. The molecule has 0 radical (unpaired) electrons. The van der Waals surface area contributed by atoms with Crippen LogP contribution in [0.2, 0.25) is 0 Å². The molecule has 0 fully saturated rings. The van der Waals surface area contributed by atoms with Gasteiger partial charge in [-0.25, -0.2) is 4.39 Å². The second-order valence-electron chi connectivity index (χ2n) is 5.65. The molecule has 0 unspecified atom stereocenters. The van der Waals surface area contributed by atoms with Gasteiger partial charge in [0.15, 0.2) is 5.76 Å². The van der Waals surface area contributed by atoms with Crippen LogP contribution in [-0.4, -0.2) is 11.8 Å². The van der Waals surface area contributed by atoms with Crippen LogP contribution in [0.5, 0.6) is 0 Å². The third-order valence-corrected chi connectivity index (χ3v) is 3.75. The Morgan fingerprint density at radius 3 is 2.23 bits per heavy atom.